The largest absolute Gasteiger partial charge is 0.393 e. The molecule has 1 aromatic rings. The molecular formula is C12H17Cl2NO. The molecule has 0 amide bonds. The molecule has 0 radical (unpaired) electrons. The molecule has 4 heteroatoms. The number of nitrogens with one attached hydrogen (secondary N) is 1. The second-order valence-electron chi connectivity index (χ2n) is 3.92. The number of rotatable bonds is 6. The first kappa shape index (κ1) is 13.8. The van der Waals surface area contributed by atoms with Gasteiger partial charge in [-0.3, -0.25) is 0 Å². The van der Waals surface area contributed by atoms with Gasteiger partial charge in [-0.2, -0.15) is 0 Å². The Bertz CT molecular complexity index is 329. The molecule has 1 rings (SSSR count). The van der Waals surface area contributed by atoms with Crippen molar-refractivity contribution in [3.8, 4) is 0 Å². The first-order chi connectivity index (χ1) is 7.59. The Morgan fingerprint density at radius 2 is 2.06 bits per heavy atom. The normalized spacial score (nSPS) is 12.8. The molecule has 0 aliphatic rings. The van der Waals surface area contributed by atoms with Crippen LogP contribution in [0.25, 0.3) is 0 Å². The first-order valence-corrected chi connectivity index (χ1v) is 6.18. The van der Waals surface area contributed by atoms with Crippen LogP contribution < -0.4 is 5.32 Å². The van der Waals surface area contributed by atoms with E-state index in [-0.39, 0.29) is 6.10 Å². The topological polar surface area (TPSA) is 32.3 Å². The Labute approximate surface area is 107 Å². The van der Waals surface area contributed by atoms with Crippen molar-refractivity contribution in [2.45, 2.75) is 32.4 Å². The lowest BCUT2D eigenvalue weighted by atomic mass is 10.2. The summed E-state index contributed by atoms with van der Waals surface area (Å²) < 4.78 is 0. The van der Waals surface area contributed by atoms with Gasteiger partial charge in [-0.25, -0.2) is 0 Å². The van der Waals surface area contributed by atoms with Gasteiger partial charge >= 0.3 is 0 Å². The molecule has 0 spiro atoms. The highest BCUT2D eigenvalue weighted by atomic mass is 35.5. The van der Waals surface area contributed by atoms with Crippen LogP contribution in [0.2, 0.25) is 10.0 Å². The van der Waals surface area contributed by atoms with Crippen LogP contribution in [-0.2, 0) is 6.54 Å². The lowest BCUT2D eigenvalue weighted by Gasteiger charge is -2.07. The molecule has 0 saturated carbocycles. The molecule has 16 heavy (non-hydrogen) atoms. The SMILES string of the molecule is CC(O)CCCNCc1ccc(Cl)c(Cl)c1. The summed E-state index contributed by atoms with van der Waals surface area (Å²) in [6.07, 6.45) is 1.58. The minimum atomic E-state index is -0.216. The van der Waals surface area contributed by atoms with E-state index in [1.165, 1.54) is 0 Å². The predicted molar refractivity (Wildman–Crippen MR) is 69.1 cm³/mol. The van der Waals surface area contributed by atoms with Gasteiger partial charge in [0.2, 0.25) is 0 Å². The average Bonchev–Trinajstić information content (AvgIpc) is 2.22. The third-order valence-electron chi connectivity index (χ3n) is 2.29. The highest BCUT2D eigenvalue weighted by Gasteiger charge is 1.99. The third kappa shape index (κ3) is 5.17. The van der Waals surface area contributed by atoms with Gasteiger partial charge in [0.1, 0.15) is 0 Å². The molecule has 0 aromatic heterocycles. The molecule has 0 saturated heterocycles. The molecule has 1 unspecified atom stereocenters. The van der Waals surface area contributed by atoms with Crippen LogP contribution in [0, 0.1) is 0 Å². The predicted octanol–water partition coefficient (Wildman–Crippen LogP) is 3.24. The van der Waals surface area contributed by atoms with Gasteiger partial charge in [-0.15, -0.1) is 0 Å². The summed E-state index contributed by atoms with van der Waals surface area (Å²) in [6.45, 7) is 3.47. The van der Waals surface area contributed by atoms with Gasteiger partial charge in [0.05, 0.1) is 16.1 Å². The lowest BCUT2D eigenvalue weighted by Crippen LogP contribution is -2.16. The van der Waals surface area contributed by atoms with E-state index >= 15 is 0 Å². The molecular weight excluding hydrogens is 245 g/mol. The second-order valence-corrected chi connectivity index (χ2v) is 4.73. The number of hydrogen-bond donors (Lipinski definition) is 2. The molecule has 0 aliphatic heterocycles. The monoisotopic (exact) mass is 261 g/mol. The van der Waals surface area contributed by atoms with Crippen molar-refractivity contribution in [3.05, 3.63) is 33.8 Å². The van der Waals surface area contributed by atoms with Crippen molar-refractivity contribution in [1.82, 2.24) is 5.32 Å². The Hall–Kier alpha value is -0.280. The Balaban J connectivity index is 2.24. The van der Waals surface area contributed by atoms with Crippen molar-refractivity contribution >= 4 is 23.2 Å². The van der Waals surface area contributed by atoms with Gasteiger partial charge in [-0.05, 0) is 44.0 Å². The van der Waals surface area contributed by atoms with Crippen LogP contribution in [0.5, 0.6) is 0 Å². The highest BCUT2D eigenvalue weighted by molar-refractivity contribution is 6.42. The van der Waals surface area contributed by atoms with Crippen LogP contribution in [0.3, 0.4) is 0 Å². The maximum absolute atomic E-state index is 9.08. The zero-order valence-corrected chi connectivity index (χ0v) is 10.9. The summed E-state index contributed by atoms with van der Waals surface area (Å²) in [5.74, 6) is 0. The molecule has 0 aliphatic carbocycles. The van der Waals surface area contributed by atoms with E-state index in [9.17, 15) is 0 Å². The van der Waals surface area contributed by atoms with E-state index in [2.05, 4.69) is 5.32 Å². The van der Waals surface area contributed by atoms with E-state index in [0.717, 1.165) is 31.5 Å². The third-order valence-corrected chi connectivity index (χ3v) is 3.03. The number of aliphatic hydroxyl groups is 1. The maximum Gasteiger partial charge on any atom is 0.0595 e. The summed E-state index contributed by atoms with van der Waals surface area (Å²) in [4.78, 5) is 0. The van der Waals surface area contributed by atoms with Crippen molar-refractivity contribution in [2.75, 3.05) is 6.54 Å². The molecule has 2 nitrogen and oxygen atoms in total. The lowest BCUT2D eigenvalue weighted by molar-refractivity contribution is 0.181. The molecule has 0 heterocycles. The van der Waals surface area contributed by atoms with Crippen LogP contribution in [0.4, 0.5) is 0 Å². The van der Waals surface area contributed by atoms with Gasteiger partial charge in [0, 0.05) is 6.54 Å². The van der Waals surface area contributed by atoms with Crippen molar-refractivity contribution in [2.24, 2.45) is 0 Å². The van der Waals surface area contributed by atoms with Crippen LogP contribution in [-0.4, -0.2) is 17.8 Å². The van der Waals surface area contributed by atoms with Gasteiger partial charge in [0.15, 0.2) is 0 Å². The van der Waals surface area contributed by atoms with E-state index in [1.54, 1.807) is 13.0 Å². The smallest absolute Gasteiger partial charge is 0.0595 e. The maximum atomic E-state index is 9.08. The van der Waals surface area contributed by atoms with Crippen molar-refractivity contribution < 1.29 is 5.11 Å². The summed E-state index contributed by atoms with van der Waals surface area (Å²) in [5.41, 5.74) is 1.12. The van der Waals surface area contributed by atoms with E-state index in [1.807, 2.05) is 12.1 Å². The minimum Gasteiger partial charge on any atom is -0.393 e. The molecule has 0 fully saturated rings. The zero-order valence-electron chi connectivity index (χ0n) is 9.34. The number of benzene rings is 1. The molecule has 0 bridgehead atoms. The summed E-state index contributed by atoms with van der Waals surface area (Å²) in [7, 11) is 0. The second kappa shape index (κ2) is 7.13. The van der Waals surface area contributed by atoms with Gasteiger partial charge in [-0.1, -0.05) is 29.3 Å². The minimum absolute atomic E-state index is 0.216. The molecule has 90 valence electrons. The number of hydrogen-bond acceptors (Lipinski definition) is 2. The zero-order chi connectivity index (χ0) is 12.0. The van der Waals surface area contributed by atoms with E-state index in [0.29, 0.717) is 10.0 Å². The Kier molecular flexibility index (Phi) is 6.14. The van der Waals surface area contributed by atoms with Crippen molar-refractivity contribution in [3.63, 3.8) is 0 Å². The summed E-state index contributed by atoms with van der Waals surface area (Å²) >= 11 is 11.7. The van der Waals surface area contributed by atoms with Crippen LogP contribution in [0.1, 0.15) is 25.3 Å². The highest BCUT2D eigenvalue weighted by Crippen LogP contribution is 2.22. The standard InChI is InChI=1S/C12H17Cl2NO/c1-9(16)3-2-6-15-8-10-4-5-11(13)12(14)7-10/h4-5,7,9,15-16H,2-3,6,8H2,1H3. The summed E-state index contributed by atoms with van der Waals surface area (Å²) in [6, 6.07) is 5.62. The fourth-order valence-electron chi connectivity index (χ4n) is 1.40. The fourth-order valence-corrected chi connectivity index (χ4v) is 1.73. The van der Waals surface area contributed by atoms with Crippen molar-refractivity contribution in [1.29, 1.82) is 0 Å². The van der Waals surface area contributed by atoms with Crippen LogP contribution in [0.15, 0.2) is 18.2 Å². The number of halogens is 2. The van der Waals surface area contributed by atoms with Gasteiger partial charge < -0.3 is 10.4 Å². The molecule has 2 N–H and O–H groups in total. The first-order valence-electron chi connectivity index (χ1n) is 5.42. The van der Waals surface area contributed by atoms with E-state index < -0.39 is 0 Å². The quantitative estimate of drug-likeness (QED) is 0.771. The van der Waals surface area contributed by atoms with Gasteiger partial charge in [0.25, 0.3) is 0 Å². The van der Waals surface area contributed by atoms with E-state index in [4.69, 9.17) is 28.3 Å². The van der Waals surface area contributed by atoms with Crippen LogP contribution >= 0.6 is 23.2 Å². The molecule has 1 aromatic carbocycles. The fraction of sp³-hybridized carbons (Fsp3) is 0.500. The molecule has 1 atom stereocenters. The Morgan fingerprint density at radius 3 is 2.69 bits per heavy atom. The summed E-state index contributed by atoms with van der Waals surface area (Å²) in [5, 5.41) is 13.5. The Morgan fingerprint density at radius 1 is 1.31 bits per heavy atom. The number of aliphatic hydroxyl groups excluding tert-OH is 1. The average molecular weight is 262 g/mol.